The summed E-state index contributed by atoms with van der Waals surface area (Å²) < 4.78 is 26.9. The molecule has 0 atom stereocenters. The van der Waals surface area contributed by atoms with Gasteiger partial charge in [0.2, 0.25) is 10.0 Å². The van der Waals surface area contributed by atoms with E-state index in [0.29, 0.717) is 5.92 Å². The summed E-state index contributed by atoms with van der Waals surface area (Å²) in [6.45, 7) is 0.191. The Labute approximate surface area is 126 Å². The molecule has 1 aromatic heterocycles. The number of nitrogens with one attached hydrogen (secondary N) is 1. The minimum Gasteiger partial charge on any atom is -0.245 e. The Morgan fingerprint density at radius 3 is 2.80 bits per heavy atom. The molecule has 4 nitrogen and oxygen atoms in total. The van der Waals surface area contributed by atoms with E-state index in [1.807, 2.05) is 5.38 Å². The SMILES string of the molecule is O=S(=O)(NCc1csc(C2CC2)n1)c1ccccc1Cl. The fourth-order valence-electron chi connectivity index (χ4n) is 1.83. The van der Waals surface area contributed by atoms with Gasteiger partial charge in [0, 0.05) is 11.3 Å². The maximum Gasteiger partial charge on any atom is 0.242 e. The Morgan fingerprint density at radius 1 is 1.35 bits per heavy atom. The Bertz CT molecular complexity index is 723. The van der Waals surface area contributed by atoms with Gasteiger partial charge in [0.05, 0.1) is 22.3 Å². The first kappa shape index (κ1) is 14.0. The molecule has 20 heavy (non-hydrogen) atoms. The Kier molecular flexibility index (Phi) is 3.81. The van der Waals surface area contributed by atoms with Crippen molar-refractivity contribution >= 4 is 33.0 Å². The van der Waals surface area contributed by atoms with E-state index in [1.165, 1.54) is 18.9 Å². The summed E-state index contributed by atoms with van der Waals surface area (Å²) in [6, 6.07) is 6.39. The van der Waals surface area contributed by atoms with Crippen molar-refractivity contribution < 1.29 is 8.42 Å². The molecule has 0 radical (unpaired) electrons. The van der Waals surface area contributed by atoms with Crippen molar-refractivity contribution in [3.63, 3.8) is 0 Å². The number of benzene rings is 1. The molecule has 1 heterocycles. The third-order valence-electron chi connectivity index (χ3n) is 3.07. The average Bonchev–Trinajstić information content (AvgIpc) is 3.16. The molecule has 0 amide bonds. The van der Waals surface area contributed by atoms with Crippen LogP contribution in [0.3, 0.4) is 0 Å². The molecule has 2 aromatic rings. The zero-order chi connectivity index (χ0) is 14.2. The van der Waals surface area contributed by atoms with Gasteiger partial charge in [0.25, 0.3) is 0 Å². The van der Waals surface area contributed by atoms with Crippen molar-refractivity contribution in [1.82, 2.24) is 9.71 Å². The number of nitrogens with zero attached hydrogens (tertiary/aromatic N) is 1. The standard InChI is InChI=1S/C13H13ClN2O2S2/c14-11-3-1-2-4-12(11)20(17,18)15-7-10-8-19-13(16-10)9-5-6-9/h1-4,8-9,15H,5-7H2. The second kappa shape index (κ2) is 5.44. The average molecular weight is 329 g/mol. The molecule has 106 valence electrons. The van der Waals surface area contributed by atoms with Gasteiger partial charge in [0.1, 0.15) is 4.90 Å². The number of thiazole rings is 1. The van der Waals surface area contributed by atoms with E-state index < -0.39 is 10.0 Å². The Balaban J connectivity index is 1.71. The lowest BCUT2D eigenvalue weighted by molar-refractivity contribution is 0.580. The second-order valence-electron chi connectivity index (χ2n) is 4.71. The first-order valence-electron chi connectivity index (χ1n) is 6.25. The maximum atomic E-state index is 12.2. The molecule has 0 spiro atoms. The van der Waals surface area contributed by atoms with Crippen LogP contribution in [0.1, 0.15) is 29.5 Å². The number of hydrogen-bond acceptors (Lipinski definition) is 4. The van der Waals surface area contributed by atoms with E-state index in [-0.39, 0.29) is 16.5 Å². The zero-order valence-electron chi connectivity index (χ0n) is 10.5. The minimum atomic E-state index is -3.60. The van der Waals surface area contributed by atoms with E-state index in [1.54, 1.807) is 29.5 Å². The smallest absolute Gasteiger partial charge is 0.242 e. The maximum absolute atomic E-state index is 12.2. The third kappa shape index (κ3) is 3.03. The van der Waals surface area contributed by atoms with E-state index in [2.05, 4.69) is 9.71 Å². The molecule has 1 aliphatic rings. The normalized spacial score (nSPS) is 15.4. The summed E-state index contributed by atoms with van der Waals surface area (Å²) in [5.74, 6) is 0.592. The van der Waals surface area contributed by atoms with E-state index in [0.717, 1.165) is 10.7 Å². The molecule has 1 aliphatic carbocycles. The van der Waals surface area contributed by atoms with Crippen LogP contribution < -0.4 is 4.72 Å². The second-order valence-corrected chi connectivity index (χ2v) is 7.74. The Morgan fingerprint density at radius 2 is 2.10 bits per heavy atom. The van der Waals surface area contributed by atoms with Crippen LogP contribution in [0.5, 0.6) is 0 Å². The number of aromatic nitrogens is 1. The molecule has 1 saturated carbocycles. The van der Waals surface area contributed by atoms with Crippen molar-refractivity contribution in [3.05, 3.63) is 45.4 Å². The van der Waals surface area contributed by atoms with Crippen molar-refractivity contribution in [2.45, 2.75) is 30.2 Å². The molecule has 0 unspecified atom stereocenters. The molecule has 1 aromatic carbocycles. The number of hydrogen-bond donors (Lipinski definition) is 1. The van der Waals surface area contributed by atoms with Crippen LogP contribution >= 0.6 is 22.9 Å². The highest BCUT2D eigenvalue weighted by atomic mass is 35.5. The summed E-state index contributed by atoms with van der Waals surface area (Å²) in [6.07, 6.45) is 2.39. The van der Waals surface area contributed by atoms with E-state index >= 15 is 0 Å². The first-order valence-corrected chi connectivity index (χ1v) is 8.99. The van der Waals surface area contributed by atoms with Gasteiger partial charge in [-0.25, -0.2) is 18.1 Å². The molecule has 7 heteroatoms. The highest BCUT2D eigenvalue weighted by Crippen LogP contribution is 2.41. The van der Waals surface area contributed by atoms with Crippen LogP contribution in [0, 0.1) is 0 Å². The molecular formula is C13H13ClN2O2S2. The van der Waals surface area contributed by atoms with Crippen LogP contribution in [0.4, 0.5) is 0 Å². The van der Waals surface area contributed by atoms with Crippen molar-refractivity contribution in [2.75, 3.05) is 0 Å². The molecule has 0 aliphatic heterocycles. The minimum absolute atomic E-state index is 0.0966. The first-order chi connectivity index (χ1) is 9.56. The largest absolute Gasteiger partial charge is 0.245 e. The summed E-state index contributed by atoms with van der Waals surface area (Å²) >= 11 is 7.51. The summed E-state index contributed by atoms with van der Waals surface area (Å²) in [4.78, 5) is 4.55. The summed E-state index contributed by atoms with van der Waals surface area (Å²) in [5, 5.41) is 3.23. The van der Waals surface area contributed by atoms with Crippen LogP contribution in [0.25, 0.3) is 0 Å². The lowest BCUT2D eigenvalue weighted by Gasteiger charge is -2.06. The van der Waals surface area contributed by atoms with Gasteiger partial charge in [-0.05, 0) is 25.0 Å². The van der Waals surface area contributed by atoms with Crippen LogP contribution in [0.15, 0.2) is 34.5 Å². The predicted molar refractivity (Wildman–Crippen MR) is 79.6 cm³/mol. The van der Waals surface area contributed by atoms with Crippen LogP contribution in [-0.2, 0) is 16.6 Å². The molecule has 0 saturated heterocycles. The Hall–Kier alpha value is -0.950. The fraction of sp³-hybridized carbons (Fsp3) is 0.308. The van der Waals surface area contributed by atoms with Crippen molar-refractivity contribution in [3.8, 4) is 0 Å². The molecule has 1 fully saturated rings. The van der Waals surface area contributed by atoms with Gasteiger partial charge in [0.15, 0.2) is 0 Å². The van der Waals surface area contributed by atoms with Gasteiger partial charge in [-0.1, -0.05) is 23.7 Å². The molecule has 3 rings (SSSR count). The third-order valence-corrected chi connectivity index (χ3v) is 6.02. The lowest BCUT2D eigenvalue weighted by atomic mass is 10.4. The monoisotopic (exact) mass is 328 g/mol. The number of halogens is 1. The zero-order valence-corrected chi connectivity index (χ0v) is 12.9. The molecule has 0 bridgehead atoms. The highest BCUT2D eigenvalue weighted by molar-refractivity contribution is 7.89. The van der Waals surface area contributed by atoms with Gasteiger partial charge in [-0.15, -0.1) is 11.3 Å². The molecule has 1 N–H and O–H groups in total. The van der Waals surface area contributed by atoms with Gasteiger partial charge >= 0.3 is 0 Å². The predicted octanol–water partition coefficient (Wildman–Crippen LogP) is 3.15. The van der Waals surface area contributed by atoms with E-state index in [9.17, 15) is 8.42 Å². The van der Waals surface area contributed by atoms with Gasteiger partial charge in [-0.2, -0.15) is 0 Å². The van der Waals surface area contributed by atoms with Gasteiger partial charge in [-0.3, -0.25) is 0 Å². The number of sulfonamides is 1. The van der Waals surface area contributed by atoms with E-state index in [4.69, 9.17) is 11.6 Å². The summed E-state index contributed by atoms with van der Waals surface area (Å²) in [7, 11) is -3.60. The fourth-order valence-corrected chi connectivity index (χ4v) is 4.34. The van der Waals surface area contributed by atoms with Gasteiger partial charge < -0.3 is 0 Å². The summed E-state index contributed by atoms with van der Waals surface area (Å²) in [5.41, 5.74) is 0.757. The highest BCUT2D eigenvalue weighted by Gasteiger charge is 2.26. The van der Waals surface area contributed by atoms with Crippen LogP contribution in [-0.4, -0.2) is 13.4 Å². The van der Waals surface area contributed by atoms with Crippen molar-refractivity contribution in [1.29, 1.82) is 0 Å². The van der Waals surface area contributed by atoms with Crippen molar-refractivity contribution in [2.24, 2.45) is 0 Å². The molecular weight excluding hydrogens is 316 g/mol. The number of rotatable bonds is 5. The topological polar surface area (TPSA) is 59.1 Å². The lowest BCUT2D eigenvalue weighted by Crippen LogP contribution is -2.23. The van der Waals surface area contributed by atoms with Crippen LogP contribution in [0.2, 0.25) is 5.02 Å². The quantitative estimate of drug-likeness (QED) is 0.917.